The molecule has 0 radical (unpaired) electrons. The summed E-state index contributed by atoms with van der Waals surface area (Å²) >= 11 is 0. The van der Waals surface area contributed by atoms with E-state index in [9.17, 15) is 14.7 Å². The molecule has 1 aliphatic heterocycles. The van der Waals surface area contributed by atoms with Gasteiger partial charge in [0.25, 0.3) is 0 Å². The minimum absolute atomic E-state index is 0.0800. The highest BCUT2D eigenvalue weighted by Crippen LogP contribution is 2.39. The smallest absolute Gasteiger partial charge is 0.307 e. The molecule has 5 atom stereocenters. The van der Waals surface area contributed by atoms with Crippen molar-refractivity contribution in [3.05, 3.63) is 0 Å². The van der Waals surface area contributed by atoms with Gasteiger partial charge in [-0.15, -0.1) is 0 Å². The van der Waals surface area contributed by atoms with Gasteiger partial charge in [-0.3, -0.25) is 9.59 Å². The molecule has 1 unspecified atom stereocenters. The molecule has 0 aromatic carbocycles. The van der Waals surface area contributed by atoms with Crippen LogP contribution in [0.15, 0.2) is 0 Å². The Kier molecular flexibility index (Phi) is 4.16. The van der Waals surface area contributed by atoms with Crippen LogP contribution in [-0.4, -0.2) is 34.0 Å². The van der Waals surface area contributed by atoms with Crippen molar-refractivity contribution in [1.82, 2.24) is 4.90 Å². The quantitative estimate of drug-likeness (QED) is 0.836. The molecule has 1 amide bonds. The van der Waals surface area contributed by atoms with Crippen LogP contribution in [0.4, 0.5) is 0 Å². The molecule has 0 spiro atoms. The molecule has 1 N–H and O–H groups in total. The summed E-state index contributed by atoms with van der Waals surface area (Å²) in [6, 6.07) is 0.503. The fourth-order valence-electron chi connectivity index (χ4n) is 3.88. The van der Waals surface area contributed by atoms with Crippen molar-refractivity contribution in [1.29, 1.82) is 0 Å². The normalized spacial score (nSPS) is 39.3. The Morgan fingerprint density at radius 1 is 1.00 bits per heavy atom. The van der Waals surface area contributed by atoms with E-state index >= 15 is 0 Å². The molecule has 1 saturated heterocycles. The number of rotatable bonds is 2. The predicted molar refractivity (Wildman–Crippen MR) is 72.6 cm³/mol. The third-order valence-corrected chi connectivity index (χ3v) is 4.88. The second-order valence-electron chi connectivity index (χ2n) is 6.50. The van der Waals surface area contributed by atoms with Gasteiger partial charge in [-0.25, -0.2) is 0 Å². The number of hydrogen-bond acceptors (Lipinski definition) is 2. The van der Waals surface area contributed by atoms with E-state index in [0.29, 0.717) is 12.3 Å². The van der Waals surface area contributed by atoms with Crippen molar-refractivity contribution in [3.8, 4) is 0 Å². The number of aliphatic carboxylic acids is 1. The van der Waals surface area contributed by atoms with E-state index in [0.717, 1.165) is 25.7 Å². The summed E-state index contributed by atoms with van der Waals surface area (Å²) in [4.78, 5) is 26.0. The molecule has 2 rings (SSSR count). The maximum absolute atomic E-state index is 12.7. The second-order valence-corrected chi connectivity index (χ2v) is 6.50. The minimum Gasteiger partial charge on any atom is -0.481 e. The standard InChI is InChI=1S/C15H25NO3/c1-9-7-12(13(8-9)15(18)19)14(17)16-10(2)5-4-6-11(16)3/h9-13H,4-8H2,1-3H3,(H,18,19)/t9?,10-,11+,12-,13+/m0/s1. The summed E-state index contributed by atoms with van der Waals surface area (Å²) < 4.78 is 0. The van der Waals surface area contributed by atoms with Gasteiger partial charge in [0.15, 0.2) is 0 Å². The van der Waals surface area contributed by atoms with Crippen molar-refractivity contribution in [2.75, 3.05) is 0 Å². The number of piperidine rings is 1. The van der Waals surface area contributed by atoms with Crippen molar-refractivity contribution in [2.24, 2.45) is 17.8 Å². The topological polar surface area (TPSA) is 57.6 Å². The lowest BCUT2D eigenvalue weighted by molar-refractivity contribution is -0.152. The number of carbonyl (C=O) groups excluding carboxylic acids is 1. The second kappa shape index (κ2) is 5.51. The Bertz CT molecular complexity index is 358. The average molecular weight is 267 g/mol. The molecular weight excluding hydrogens is 242 g/mol. The van der Waals surface area contributed by atoms with Crippen LogP contribution in [0.3, 0.4) is 0 Å². The zero-order valence-corrected chi connectivity index (χ0v) is 12.1. The molecule has 0 aromatic rings. The number of carbonyl (C=O) groups is 2. The van der Waals surface area contributed by atoms with E-state index in [1.807, 2.05) is 11.8 Å². The van der Waals surface area contributed by atoms with Gasteiger partial charge >= 0.3 is 5.97 Å². The van der Waals surface area contributed by atoms with Crippen LogP contribution in [0.5, 0.6) is 0 Å². The highest BCUT2D eigenvalue weighted by atomic mass is 16.4. The summed E-state index contributed by atoms with van der Waals surface area (Å²) in [5.74, 6) is -1.18. The lowest BCUT2D eigenvalue weighted by Gasteiger charge is -2.41. The molecule has 1 heterocycles. The van der Waals surface area contributed by atoms with Crippen LogP contribution in [-0.2, 0) is 9.59 Å². The molecule has 2 fully saturated rings. The first-order valence-corrected chi connectivity index (χ1v) is 7.46. The Balaban J connectivity index is 2.15. The van der Waals surface area contributed by atoms with E-state index in [1.165, 1.54) is 0 Å². The number of carboxylic acid groups (broad SMARTS) is 1. The fraction of sp³-hybridized carbons (Fsp3) is 0.867. The largest absolute Gasteiger partial charge is 0.481 e. The van der Waals surface area contributed by atoms with Crippen LogP contribution in [0, 0.1) is 17.8 Å². The molecule has 0 bridgehead atoms. The SMILES string of the molecule is CC1C[C@H](C(=O)N2[C@H](C)CCC[C@@H]2C)[C@H](C(=O)O)C1. The highest BCUT2D eigenvalue weighted by molar-refractivity contribution is 5.85. The van der Waals surface area contributed by atoms with Gasteiger partial charge in [0, 0.05) is 12.1 Å². The third-order valence-electron chi connectivity index (χ3n) is 4.88. The summed E-state index contributed by atoms with van der Waals surface area (Å²) in [7, 11) is 0. The van der Waals surface area contributed by atoms with Crippen molar-refractivity contribution < 1.29 is 14.7 Å². The van der Waals surface area contributed by atoms with Crippen LogP contribution < -0.4 is 0 Å². The molecular formula is C15H25NO3. The van der Waals surface area contributed by atoms with Gasteiger partial charge in [-0.2, -0.15) is 0 Å². The minimum atomic E-state index is -0.806. The van der Waals surface area contributed by atoms with Crippen molar-refractivity contribution in [3.63, 3.8) is 0 Å². The molecule has 1 saturated carbocycles. The molecule has 2 aliphatic rings. The molecule has 19 heavy (non-hydrogen) atoms. The van der Waals surface area contributed by atoms with Gasteiger partial charge < -0.3 is 10.0 Å². The highest BCUT2D eigenvalue weighted by Gasteiger charge is 2.44. The third kappa shape index (κ3) is 2.77. The fourth-order valence-corrected chi connectivity index (χ4v) is 3.88. The first kappa shape index (κ1) is 14.4. The molecule has 4 heteroatoms. The maximum atomic E-state index is 12.7. The maximum Gasteiger partial charge on any atom is 0.307 e. The van der Waals surface area contributed by atoms with E-state index < -0.39 is 11.9 Å². The lowest BCUT2D eigenvalue weighted by atomic mass is 9.90. The number of hydrogen-bond donors (Lipinski definition) is 1. The number of carboxylic acids is 1. The van der Waals surface area contributed by atoms with Crippen LogP contribution >= 0.6 is 0 Å². The summed E-state index contributed by atoms with van der Waals surface area (Å²) in [6.45, 7) is 6.22. The van der Waals surface area contributed by atoms with Crippen molar-refractivity contribution >= 4 is 11.9 Å². The van der Waals surface area contributed by atoms with Crippen molar-refractivity contribution in [2.45, 2.75) is 65.0 Å². The monoisotopic (exact) mass is 267 g/mol. The van der Waals surface area contributed by atoms with E-state index in [4.69, 9.17) is 0 Å². The first-order chi connectivity index (χ1) is 8.91. The predicted octanol–water partition coefficient (Wildman–Crippen LogP) is 2.52. The summed E-state index contributed by atoms with van der Waals surface area (Å²) in [5.41, 5.74) is 0. The molecule has 0 aromatic heterocycles. The van der Waals surface area contributed by atoms with Gasteiger partial charge in [-0.1, -0.05) is 6.92 Å². The van der Waals surface area contributed by atoms with E-state index in [2.05, 4.69) is 13.8 Å². The Hall–Kier alpha value is -1.06. The van der Waals surface area contributed by atoms with Gasteiger partial charge in [0.1, 0.15) is 0 Å². The summed E-state index contributed by atoms with van der Waals surface area (Å²) in [6.07, 6.45) is 4.61. The number of amides is 1. The number of likely N-dealkylation sites (tertiary alicyclic amines) is 1. The van der Waals surface area contributed by atoms with Gasteiger partial charge in [0.05, 0.1) is 11.8 Å². The van der Waals surface area contributed by atoms with Gasteiger partial charge in [0.2, 0.25) is 5.91 Å². The molecule has 108 valence electrons. The Morgan fingerprint density at radius 2 is 1.53 bits per heavy atom. The average Bonchev–Trinajstić information content (AvgIpc) is 2.71. The summed E-state index contributed by atoms with van der Waals surface area (Å²) in [5, 5.41) is 9.31. The molecule has 4 nitrogen and oxygen atoms in total. The Labute approximate surface area is 115 Å². The van der Waals surface area contributed by atoms with Crippen LogP contribution in [0.1, 0.15) is 52.9 Å². The molecule has 1 aliphatic carbocycles. The van der Waals surface area contributed by atoms with Crippen LogP contribution in [0.2, 0.25) is 0 Å². The van der Waals surface area contributed by atoms with E-state index in [1.54, 1.807) is 0 Å². The number of nitrogens with zero attached hydrogens (tertiary/aromatic N) is 1. The zero-order valence-electron chi connectivity index (χ0n) is 12.1. The van der Waals surface area contributed by atoms with E-state index in [-0.39, 0.29) is 23.9 Å². The lowest BCUT2D eigenvalue weighted by Crippen LogP contribution is -2.50. The Morgan fingerprint density at radius 3 is 2.05 bits per heavy atom. The zero-order chi connectivity index (χ0) is 14.2. The first-order valence-electron chi connectivity index (χ1n) is 7.46. The van der Waals surface area contributed by atoms with Gasteiger partial charge in [-0.05, 0) is 51.9 Å². The van der Waals surface area contributed by atoms with Crippen LogP contribution in [0.25, 0.3) is 0 Å².